The first-order valence-corrected chi connectivity index (χ1v) is 12.3. The molecule has 0 N–H and O–H groups in total. The van der Waals surface area contributed by atoms with Crippen molar-refractivity contribution >= 4 is 10.8 Å². The summed E-state index contributed by atoms with van der Waals surface area (Å²) in [6, 6.07) is 14.4. The molecule has 0 atom stereocenters. The Morgan fingerprint density at radius 3 is 2.14 bits per heavy atom. The molecule has 0 nitrogen and oxygen atoms in total. The molecule has 0 aliphatic heterocycles. The van der Waals surface area contributed by atoms with Crippen LogP contribution in [0, 0.1) is 5.92 Å². The highest BCUT2D eigenvalue weighted by Gasteiger charge is 2.22. The summed E-state index contributed by atoms with van der Waals surface area (Å²) in [6.45, 7) is 4.58. The van der Waals surface area contributed by atoms with Crippen molar-refractivity contribution < 1.29 is 0 Å². The molecule has 3 rings (SSSR count). The van der Waals surface area contributed by atoms with Gasteiger partial charge in [-0.3, -0.25) is 0 Å². The Kier molecular flexibility index (Phi) is 8.90. The monoisotopic (exact) mass is 378 g/mol. The van der Waals surface area contributed by atoms with E-state index in [1.54, 1.807) is 5.56 Å². The lowest BCUT2D eigenvalue weighted by atomic mass is 9.76. The lowest BCUT2D eigenvalue weighted by Gasteiger charge is -2.29. The van der Waals surface area contributed by atoms with Crippen LogP contribution in [0.15, 0.2) is 36.4 Å². The average Bonchev–Trinajstić information content (AvgIpc) is 2.74. The van der Waals surface area contributed by atoms with E-state index in [1.165, 1.54) is 106 Å². The molecule has 0 heteroatoms. The largest absolute Gasteiger partial charge is 0.0654 e. The van der Waals surface area contributed by atoms with E-state index in [4.69, 9.17) is 0 Å². The van der Waals surface area contributed by atoms with Crippen LogP contribution in [0.25, 0.3) is 10.8 Å². The maximum absolute atomic E-state index is 2.48. The molecule has 0 spiro atoms. The van der Waals surface area contributed by atoms with E-state index in [-0.39, 0.29) is 0 Å². The van der Waals surface area contributed by atoms with Gasteiger partial charge < -0.3 is 0 Å². The van der Waals surface area contributed by atoms with Gasteiger partial charge in [0.05, 0.1) is 0 Å². The second-order valence-corrected chi connectivity index (χ2v) is 9.32. The maximum atomic E-state index is 2.48. The van der Waals surface area contributed by atoms with Crippen molar-refractivity contribution in [3.05, 3.63) is 47.5 Å². The van der Waals surface area contributed by atoms with Crippen molar-refractivity contribution in [3.8, 4) is 0 Å². The van der Waals surface area contributed by atoms with Gasteiger partial charge in [0.1, 0.15) is 0 Å². The molecular weight excluding hydrogens is 336 g/mol. The molecule has 2 aromatic carbocycles. The minimum absolute atomic E-state index is 0.796. The van der Waals surface area contributed by atoms with Crippen molar-refractivity contribution in [2.24, 2.45) is 5.92 Å². The highest BCUT2D eigenvalue weighted by Crippen LogP contribution is 2.38. The molecule has 154 valence electrons. The molecule has 0 amide bonds. The van der Waals surface area contributed by atoms with E-state index in [9.17, 15) is 0 Å². The van der Waals surface area contributed by atoms with E-state index >= 15 is 0 Å². The third kappa shape index (κ3) is 6.36. The maximum Gasteiger partial charge on any atom is -0.0162 e. The molecule has 0 aromatic heterocycles. The lowest BCUT2D eigenvalue weighted by Crippen LogP contribution is -2.13. The minimum atomic E-state index is 0.796. The van der Waals surface area contributed by atoms with Crippen LogP contribution in [0.4, 0.5) is 0 Å². The van der Waals surface area contributed by atoms with Gasteiger partial charge in [0.15, 0.2) is 0 Å². The molecule has 1 fully saturated rings. The molecule has 1 aliphatic rings. The standard InChI is InChI=1S/C28H42/c1-3-5-7-8-9-10-12-23-13-16-25(17-14-23)27-20-19-26-21-24(11-6-4-2)15-18-28(26)22-27/h15,18-23,25H,3-14,16-17H2,1-2H3. The Morgan fingerprint density at radius 1 is 0.679 bits per heavy atom. The number of rotatable bonds is 11. The number of hydrogen-bond acceptors (Lipinski definition) is 0. The summed E-state index contributed by atoms with van der Waals surface area (Å²) >= 11 is 0. The second-order valence-electron chi connectivity index (χ2n) is 9.32. The summed E-state index contributed by atoms with van der Waals surface area (Å²) in [6.07, 6.45) is 19.6. The topological polar surface area (TPSA) is 0 Å². The molecular formula is C28H42. The van der Waals surface area contributed by atoms with Crippen molar-refractivity contribution in [1.29, 1.82) is 0 Å². The minimum Gasteiger partial charge on any atom is -0.0654 e. The van der Waals surface area contributed by atoms with E-state index in [0.29, 0.717) is 0 Å². The molecule has 1 saturated carbocycles. The molecule has 28 heavy (non-hydrogen) atoms. The van der Waals surface area contributed by atoms with Gasteiger partial charge in [-0.1, -0.05) is 102 Å². The summed E-state index contributed by atoms with van der Waals surface area (Å²) in [7, 11) is 0. The molecule has 0 saturated heterocycles. The summed E-state index contributed by atoms with van der Waals surface area (Å²) in [5.74, 6) is 1.80. The number of fused-ring (bicyclic) bond motifs is 1. The van der Waals surface area contributed by atoms with Crippen LogP contribution in [-0.2, 0) is 6.42 Å². The van der Waals surface area contributed by atoms with Gasteiger partial charge in [0.2, 0.25) is 0 Å². The van der Waals surface area contributed by atoms with Crippen molar-refractivity contribution in [3.63, 3.8) is 0 Å². The van der Waals surface area contributed by atoms with Gasteiger partial charge in [-0.15, -0.1) is 0 Å². The first-order chi connectivity index (χ1) is 13.8. The zero-order chi connectivity index (χ0) is 19.6. The Labute approximate surface area is 174 Å². The predicted molar refractivity (Wildman–Crippen MR) is 125 cm³/mol. The molecule has 2 aromatic rings. The van der Waals surface area contributed by atoms with E-state index in [2.05, 4.69) is 50.2 Å². The Hall–Kier alpha value is -1.30. The van der Waals surface area contributed by atoms with E-state index in [0.717, 1.165) is 11.8 Å². The lowest BCUT2D eigenvalue weighted by molar-refractivity contribution is 0.302. The molecule has 0 bridgehead atoms. The Balaban J connectivity index is 1.46. The van der Waals surface area contributed by atoms with Gasteiger partial charge in [-0.05, 0) is 72.3 Å². The zero-order valence-corrected chi connectivity index (χ0v) is 18.5. The normalized spacial score (nSPS) is 19.9. The number of aryl methyl sites for hydroxylation is 1. The Morgan fingerprint density at radius 2 is 1.36 bits per heavy atom. The van der Waals surface area contributed by atoms with Crippen LogP contribution < -0.4 is 0 Å². The highest BCUT2D eigenvalue weighted by molar-refractivity contribution is 5.84. The number of benzene rings is 2. The second kappa shape index (κ2) is 11.6. The Bertz CT molecular complexity index is 690. The number of hydrogen-bond donors (Lipinski definition) is 0. The smallest absolute Gasteiger partial charge is 0.0162 e. The summed E-state index contributed by atoms with van der Waals surface area (Å²) in [4.78, 5) is 0. The van der Waals surface area contributed by atoms with Crippen LogP contribution in [0.1, 0.15) is 114 Å². The van der Waals surface area contributed by atoms with Crippen molar-refractivity contribution in [1.82, 2.24) is 0 Å². The van der Waals surface area contributed by atoms with Gasteiger partial charge >= 0.3 is 0 Å². The van der Waals surface area contributed by atoms with Crippen LogP contribution >= 0.6 is 0 Å². The first kappa shape index (κ1) is 21.4. The fourth-order valence-electron chi connectivity index (χ4n) is 5.10. The number of unbranched alkanes of at least 4 members (excludes halogenated alkanes) is 6. The predicted octanol–water partition coefficient (Wildman–Crippen LogP) is 9.21. The fourth-order valence-corrected chi connectivity index (χ4v) is 5.10. The van der Waals surface area contributed by atoms with E-state index in [1.807, 2.05) is 0 Å². The summed E-state index contributed by atoms with van der Waals surface area (Å²) in [5, 5.41) is 2.86. The van der Waals surface area contributed by atoms with Gasteiger partial charge in [-0.25, -0.2) is 0 Å². The molecule has 0 heterocycles. The molecule has 1 aliphatic carbocycles. The highest BCUT2D eigenvalue weighted by atomic mass is 14.3. The molecule has 0 radical (unpaired) electrons. The quantitative estimate of drug-likeness (QED) is 0.342. The van der Waals surface area contributed by atoms with Gasteiger partial charge in [-0.2, -0.15) is 0 Å². The fraction of sp³-hybridized carbons (Fsp3) is 0.643. The van der Waals surface area contributed by atoms with Crippen LogP contribution in [0.3, 0.4) is 0 Å². The van der Waals surface area contributed by atoms with Crippen molar-refractivity contribution in [2.75, 3.05) is 0 Å². The average molecular weight is 379 g/mol. The van der Waals surface area contributed by atoms with Crippen LogP contribution in [0.5, 0.6) is 0 Å². The first-order valence-electron chi connectivity index (χ1n) is 12.3. The van der Waals surface area contributed by atoms with E-state index < -0.39 is 0 Å². The van der Waals surface area contributed by atoms with Gasteiger partial charge in [0, 0.05) is 0 Å². The molecule has 0 unspecified atom stereocenters. The van der Waals surface area contributed by atoms with Crippen LogP contribution in [0.2, 0.25) is 0 Å². The van der Waals surface area contributed by atoms with Crippen LogP contribution in [-0.4, -0.2) is 0 Å². The van der Waals surface area contributed by atoms with Crippen molar-refractivity contribution in [2.45, 2.75) is 110 Å². The summed E-state index contributed by atoms with van der Waals surface area (Å²) in [5.41, 5.74) is 3.09. The third-order valence-electron chi connectivity index (χ3n) is 7.03. The SMILES string of the molecule is CCCCCCCCC1CCC(c2ccc3cc(CCCC)ccc3c2)CC1. The zero-order valence-electron chi connectivity index (χ0n) is 18.5. The third-order valence-corrected chi connectivity index (χ3v) is 7.03. The summed E-state index contributed by atoms with van der Waals surface area (Å²) < 4.78 is 0. The van der Waals surface area contributed by atoms with Gasteiger partial charge in [0.25, 0.3) is 0 Å².